The van der Waals surface area contributed by atoms with Gasteiger partial charge in [-0.15, -0.1) is 11.3 Å². The van der Waals surface area contributed by atoms with Crippen LogP contribution in [-0.4, -0.2) is 30.5 Å². The van der Waals surface area contributed by atoms with E-state index in [1.165, 1.54) is 11.3 Å². The minimum Gasteiger partial charge on any atom is -0.375 e. The maximum Gasteiger partial charge on any atom is 0.273 e. The molecule has 8 heteroatoms. The fourth-order valence-electron chi connectivity index (χ4n) is 2.22. The van der Waals surface area contributed by atoms with Crippen molar-refractivity contribution in [2.75, 3.05) is 12.3 Å². The lowest BCUT2D eigenvalue weighted by Crippen LogP contribution is -2.38. The fourth-order valence-corrected chi connectivity index (χ4v) is 4.22. The zero-order valence-corrected chi connectivity index (χ0v) is 11.7. The molecule has 1 aromatic rings. The molecule has 1 heterocycles. The number of hydrogen-bond donors (Lipinski definition) is 3. The van der Waals surface area contributed by atoms with Crippen molar-refractivity contribution in [2.45, 2.75) is 37.5 Å². The molecule has 0 spiro atoms. The molecule has 2 unspecified atom stereocenters. The SMILES string of the molecule is CCCNC1Cc2sc(N)nc2C(S(=O)(=O)O)C1. The van der Waals surface area contributed by atoms with Gasteiger partial charge >= 0.3 is 0 Å². The summed E-state index contributed by atoms with van der Waals surface area (Å²) >= 11 is 1.30. The lowest BCUT2D eigenvalue weighted by atomic mass is 9.97. The van der Waals surface area contributed by atoms with Gasteiger partial charge < -0.3 is 11.1 Å². The van der Waals surface area contributed by atoms with E-state index in [9.17, 15) is 13.0 Å². The van der Waals surface area contributed by atoms with Crippen molar-refractivity contribution in [1.29, 1.82) is 0 Å². The summed E-state index contributed by atoms with van der Waals surface area (Å²) in [6.07, 6.45) is 2.04. The summed E-state index contributed by atoms with van der Waals surface area (Å²) in [5, 5.41) is 2.68. The van der Waals surface area contributed by atoms with Crippen LogP contribution in [-0.2, 0) is 16.5 Å². The normalized spacial score (nSPS) is 23.9. The first-order valence-corrected chi connectivity index (χ1v) is 8.18. The fraction of sp³-hybridized carbons (Fsp3) is 0.700. The summed E-state index contributed by atoms with van der Waals surface area (Å²) in [7, 11) is -4.14. The number of thiazole rings is 1. The Morgan fingerprint density at radius 3 is 2.94 bits per heavy atom. The second-order valence-corrected chi connectivity index (χ2v) is 7.17. The van der Waals surface area contributed by atoms with Crippen molar-refractivity contribution in [3.8, 4) is 0 Å². The highest BCUT2D eigenvalue weighted by atomic mass is 32.2. The van der Waals surface area contributed by atoms with E-state index in [0.717, 1.165) is 24.3 Å². The monoisotopic (exact) mass is 291 g/mol. The summed E-state index contributed by atoms with van der Waals surface area (Å²) < 4.78 is 32.2. The van der Waals surface area contributed by atoms with Crippen LogP contribution in [0, 0.1) is 0 Å². The van der Waals surface area contributed by atoms with E-state index in [4.69, 9.17) is 5.73 Å². The lowest BCUT2D eigenvalue weighted by Gasteiger charge is -2.27. The molecule has 1 aliphatic carbocycles. The van der Waals surface area contributed by atoms with Gasteiger partial charge in [0.2, 0.25) is 0 Å². The smallest absolute Gasteiger partial charge is 0.273 e. The number of aromatic nitrogens is 1. The predicted molar refractivity (Wildman–Crippen MR) is 71.2 cm³/mol. The van der Waals surface area contributed by atoms with E-state index >= 15 is 0 Å². The maximum absolute atomic E-state index is 11.4. The molecule has 102 valence electrons. The van der Waals surface area contributed by atoms with Crippen LogP contribution in [0.5, 0.6) is 0 Å². The van der Waals surface area contributed by atoms with E-state index in [1.54, 1.807) is 0 Å². The van der Waals surface area contributed by atoms with Gasteiger partial charge in [-0.1, -0.05) is 6.92 Å². The average molecular weight is 291 g/mol. The molecule has 0 fully saturated rings. The van der Waals surface area contributed by atoms with Gasteiger partial charge in [0.15, 0.2) is 5.13 Å². The molecule has 1 aliphatic rings. The Kier molecular flexibility index (Phi) is 3.90. The van der Waals surface area contributed by atoms with Crippen molar-refractivity contribution in [2.24, 2.45) is 0 Å². The summed E-state index contributed by atoms with van der Waals surface area (Å²) in [4.78, 5) is 4.90. The average Bonchev–Trinajstić information content (AvgIpc) is 2.63. The number of fused-ring (bicyclic) bond motifs is 1. The van der Waals surface area contributed by atoms with Crippen molar-refractivity contribution in [1.82, 2.24) is 10.3 Å². The van der Waals surface area contributed by atoms with Crippen LogP contribution in [0.1, 0.15) is 35.6 Å². The van der Waals surface area contributed by atoms with Crippen LogP contribution in [0.4, 0.5) is 5.13 Å². The molecule has 0 aliphatic heterocycles. The molecule has 1 aromatic heterocycles. The Balaban J connectivity index is 2.29. The van der Waals surface area contributed by atoms with Crippen molar-refractivity contribution < 1.29 is 13.0 Å². The highest BCUT2D eigenvalue weighted by molar-refractivity contribution is 7.86. The lowest BCUT2D eigenvalue weighted by molar-refractivity contribution is 0.413. The standard InChI is InChI=1S/C10H17N3O3S2/c1-2-3-12-6-4-7-9(13-10(11)17-7)8(5-6)18(14,15)16/h6,8,12H,2-5H2,1H3,(H2,11,13)(H,14,15,16). The van der Waals surface area contributed by atoms with Crippen LogP contribution in [0.3, 0.4) is 0 Å². The number of nitrogen functional groups attached to an aromatic ring is 1. The quantitative estimate of drug-likeness (QED) is 0.714. The minimum atomic E-state index is -4.14. The summed E-state index contributed by atoms with van der Waals surface area (Å²) in [6.45, 7) is 2.87. The first-order chi connectivity index (χ1) is 8.41. The van der Waals surface area contributed by atoms with Gasteiger partial charge in [-0.05, 0) is 25.8 Å². The van der Waals surface area contributed by atoms with Crippen molar-refractivity contribution in [3.05, 3.63) is 10.6 Å². The highest BCUT2D eigenvalue weighted by Crippen LogP contribution is 2.38. The van der Waals surface area contributed by atoms with Gasteiger partial charge in [0.25, 0.3) is 10.1 Å². The third-order valence-corrected chi connectivity index (χ3v) is 5.08. The Morgan fingerprint density at radius 2 is 2.33 bits per heavy atom. The molecule has 4 N–H and O–H groups in total. The Labute approximate surface area is 110 Å². The summed E-state index contributed by atoms with van der Waals surface area (Å²) in [5.41, 5.74) is 6.05. The van der Waals surface area contributed by atoms with E-state index in [0.29, 0.717) is 17.2 Å². The number of nitrogens with one attached hydrogen (secondary N) is 1. The molecular formula is C10H17N3O3S2. The Hall–Kier alpha value is -0.700. The Morgan fingerprint density at radius 1 is 1.61 bits per heavy atom. The van der Waals surface area contributed by atoms with Crippen LogP contribution in [0.25, 0.3) is 0 Å². The van der Waals surface area contributed by atoms with Crippen LogP contribution in [0.2, 0.25) is 0 Å². The van der Waals surface area contributed by atoms with Crippen LogP contribution >= 0.6 is 11.3 Å². The minimum absolute atomic E-state index is 0.0456. The van der Waals surface area contributed by atoms with Crippen LogP contribution in [0.15, 0.2) is 0 Å². The molecule has 0 radical (unpaired) electrons. The first kappa shape index (κ1) is 13.7. The summed E-state index contributed by atoms with van der Waals surface area (Å²) in [5.74, 6) is 0. The molecule has 0 aromatic carbocycles. The molecule has 2 atom stereocenters. The molecule has 0 saturated heterocycles. The number of nitrogens with zero attached hydrogens (tertiary/aromatic N) is 1. The molecule has 6 nitrogen and oxygen atoms in total. The highest BCUT2D eigenvalue weighted by Gasteiger charge is 2.37. The maximum atomic E-state index is 11.4. The number of nitrogens with two attached hydrogens (primary N) is 1. The zero-order valence-electron chi connectivity index (χ0n) is 10.1. The number of rotatable bonds is 4. The number of anilines is 1. The first-order valence-electron chi connectivity index (χ1n) is 5.86. The van der Waals surface area contributed by atoms with Crippen molar-refractivity contribution in [3.63, 3.8) is 0 Å². The largest absolute Gasteiger partial charge is 0.375 e. The van der Waals surface area contributed by atoms with Gasteiger partial charge in [0.05, 0.1) is 5.69 Å². The topological polar surface area (TPSA) is 105 Å². The third kappa shape index (κ3) is 2.82. The van der Waals surface area contributed by atoms with Crippen LogP contribution < -0.4 is 11.1 Å². The van der Waals surface area contributed by atoms with Gasteiger partial charge in [-0.3, -0.25) is 4.55 Å². The molecule has 0 bridgehead atoms. The zero-order chi connectivity index (χ0) is 13.3. The molecule has 18 heavy (non-hydrogen) atoms. The van der Waals surface area contributed by atoms with E-state index in [-0.39, 0.29) is 6.04 Å². The molecule has 0 amide bonds. The van der Waals surface area contributed by atoms with E-state index in [1.807, 2.05) is 6.92 Å². The van der Waals surface area contributed by atoms with E-state index in [2.05, 4.69) is 10.3 Å². The molecule has 0 saturated carbocycles. The van der Waals surface area contributed by atoms with Gasteiger partial charge in [0, 0.05) is 10.9 Å². The van der Waals surface area contributed by atoms with Gasteiger partial charge in [-0.2, -0.15) is 8.42 Å². The second-order valence-electron chi connectivity index (χ2n) is 4.46. The Bertz CT molecular complexity index is 526. The number of hydrogen-bond acceptors (Lipinski definition) is 6. The predicted octanol–water partition coefficient (Wildman–Crippen LogP) is 0.969. The third-order valence-electron chi connectivity index (χ3n) is 3.02. The van der Waals surface area contributed by atoms with E-state index < -0.39 is 15.4 Å². The molecule has 2 rings (SSSR count). The van der Waals surface area contributed by atoms with Gasteiger partial charge in [0.1, 0.15) is 5.25 Å². The molecular weight excluding hydrogens is 274 g/mol. The van der Waals surface area contributed by atoms with Gasteiger partial charge in [-0.25, -0.2) is 4.98 Å². The summed E-state index contributed by atoms with van der Waals surface area (Å²) in [6, 6.07) is 0.0456. The second kappa shape index (κ2) is 5.12. The van der Waals surface area contributed by atoms with Crippen molar-refractivity contribution >= 4 is 26.6 Å².